The molecule has 0 spiro atoms. The molecule has 0 amide bonds. The van der Waals surface area contributed by atoms with Crippen molar-refractivity contribution in [1.29, 1.82) is 0 Å². The van der Waals surface area contributed by atoms with Gasteiger partial charge in [0.25, 0.3) is 0 Å². The molecule has 0 fully saturated rings. The van der Waals surface area contributed by atoms with E-state index in [2.05, 4.69) is 24.0 Å². The van der Waals surface area contributed by atoms with Crippen LogP contribution in [-0.2, 0) is 12.8 Å². The van der Waals surface area contributed by atoms with Crippen molar-refractivity contribution >= 4 is 17.1 Å². The molecule has 0 unspecified atom stereocenters. The first-order valence-corrected chi connectivity index (χ1v) is 5.49. The Morgan fingerprint density at radius 1 is 1.53 bits per heavy atom. The Kier molecular flexibility index (Phi) is 2.93. The van der Waals surface area contributed by atoms with Crippen LogP contribution >= 0.6 is 11.6 Å². The summed E-state index contributed by atoms with van der Waals surface area (Å²) >= 11 is 6.07. The zero-order valence-corrected chi connectivity index (χ0v) is 9.46. The number of halogens is 1. The van der Waals surface area contributed by atoms with Gasteiger partial charge in [-0.3, -0.25) is 0 Å². The highest BCUT2D eigenvalue weighted by atomic mass is 35.5. The molecule has 0 aliphatic heterocycles. The van der Waals surface area contributed by atoms with Crippen LogP contribution in [0.15, 0.2) is 18.3 Å². The van der Waals surface area contributed by atoms with Gasteiger partial charge in [0.1, 0.15) is 5.82 Å². The van der Waals surface area contributed by atoms with Gasteiger partial charge in [0, 0.05) is 12.6 Å². The summed E-state index contributed by atoms with van der Waals surface area (Å²) in [6, 6.07) is 4.12. The van der Waals surface area contributed by atoms with Crippen LogP contribution in [0.3, 0.4) is 0 Å². The highest BCUT2D eigenvalue weighted by Crippen LogP contribution is 2.19. The summed E-state index contributed by atoms with van der Waals surface area (Å²) in [5.74, 6) is 0.995. The minimum atomic E-state index is 0.575. The average molecular weight is 224 g/mol. The summed E-state index contributed by atoms with van der Waals surface area (Å²) in [5.41, 5.74) is 7.69. The molecule has 0 bridgehead atoms. The number of aromatic nitrogens is 2. The van der Waals surface area contributed by atoms with Crippen LogP contribution in [-0.4, -0.2) is 15.9 Å². The summed E-state index contributed by atoms with van der Waals surface area (Å²) in [6.07, 6.45) is 3.77. The topological polar surface area (TPSA) is 43.3 Å². The largest absolute Gasteiger partial charge is 0.330 e. The van der Waals surface area contributed by atoms with Crippen molar-refractivity contribution in [2.24, 2.45) is 5.73 Å². The Balaban J connectivity index is 2.56. The number of nitrogens with zero attached hydrogens (tertiary/aromatic N) is 2. The van der Waals surface area contributed by atoms with Gasteiger partial charge in [-0.2, -0.15) is 0 Å². The summed E-state index contributed by atoms with van der Waals surface area (Å²) in [4.78, 5) is 4.31. The smallest absolute Gasteiger partial charge is 0.155 e. The molecule has 0 radical (unpaired) electrons. The fourth-order valence-electron chi connectivity index (χ4n) is 1.72. The minimum absolute atomic E-state index is 0.575. The maximum Gasteiger partial charge on any atom is 0.155 e. The number of nitrogens with two attached hydrogens (primary N) is 1. The van der Waals surface area contributed by atoms with E-state index < -0.39 is 0 Å². The van der Waals surface area contributed by atoms with Crippen molar-refractivity contribution in [3.63, 3.8) is 0 Å². The molecule has 2 rings (SSSR count). The molecule has 0 saturated heterocycles. The van der Waals surface area contributed by atoms with Crippen LogP contribution in [0, 0.1) is 0 Å². The molecule has 15 heavy (non-hydrogen) atoms. The second kappa shape index (κ2) is 4.21. The first-order valence-electron chi connectivity index (χ1n) is 5.11. The van der Waals surface area contributed by atoms with E-state index in [1.807, 2.05) is 10.6 Å². The molecule has 2 aromatic rings. The molecule has 4 heteroatoms. The Bertz CT molecular complexity index is 476. The first-order chi connectivity index (χ1) is 7.26. The van der Waals surface area contributed by atoms with Gasteiger partial charge in [-0.15, -0.1) is 0 Å². The molecule has 0 aliphatic rings. The average Bonchev–Trinajstić information content (AvgIpc) is 2.56. The summed E-state index contributed by atoms with van der Waals surface area (Å²) in [7, 11) is 0. The zero-order valence-electron chi connectivity index (χ0n) is 8.70. The lowest BCUT2D eigenvalue weighted by Gasteiger charge is -2.01. The van der Waals surface area contributed by atoms with Crippen LogP contribution in [0.4, 0.5) is 0 Å². The predicted molar refractivity (Wildman–Crippen MR) is 62.3 cm³/mol. The fraction of sp³-hybridized carbons (Fsp3) is 0.364. The van der Waals surface area contributed by atoms with Gasteiger partial charge in [-0.05, 0) is 30.7 Å². The Hall–Kier alpha value is -1.06. The van der Waals surface area contributed by atoms with Gasteiger partial charge in [0.15, 0.2) is 5.15 Å². The van der Waals surface area contributed by atoms with Crippen LogP contribution in [0.5, 0.6) is 0 Å². The lowest BCUT2D eigenvalue weighted by Crippen LogP contribution is -2.03. The standard InChI is InChI=1S/C11H14ClN3/c1-2-10-14-11(12)9-7-8(3-5-13)4-6-15(9)10/h4,6-7H,2-3,5,13H2,1H3. The second-order valence-corrected chi connectivity index (χ2v) is 3.86. The molecule has 0 atom stereocenters. The van der Waals surface area contributed by atoms with E-state index in [1.165, 1.54) is 5.56 Å². The lowest BCUT2D eigenvalue weighted by molar-refractivity contribution is 0.922. The van der Waals surface area contributed by atoms with E-state index >= 15 is 0 Å². The Morgan fingerprint density at radius 2 is 2.33 bits per heavy atom. The van der Waals surface area contributed by atoms with Crippen molar-refractivity contribution in [3.8, 4) is 0 Å². The number of aryl methyl sites for hydroxylation is 1. The SMILES string of the molecule is CCc1nc(Cl)c2cc(CCN)ccn12. The summed E-state index contributed by atoms with van der Waals surface area (Å²) in [6.45, 7) is 2.72. The van der Waals surface area contributed by atoms with Gasteiger partial charge in [-0.25, -0.2) is 4.98 Å². The monoisotopic (exact) mass is 223 g/mol. The number of pyridine rings is 1. The van der Waals surface area contributed by atoms with Gasteiger partial charge in [0.2, 0.25) is 0 Å². The van der Waals surface area contributed by atoms with Crippen molar-refractivity contribution in [1.82, 2.24) is 9.38 Å². The van der Waals surface area contributed by atoms with Crippen molar-refractivity contribution in [3.05, 3.63) is 34.9 Å². The molecule has 0 saturated carbocycles. The first kappa shape index (κ1) is 10.5. The van der Waals surface area contributed by atoms with Crippen LogP contribution < -0.4 is 5.73 Å². The third-order valence-electron chi connectivity index (χ3n) is 2.49. The maximum absolute atomic E-state index is 6.07. The van der Waals surface area contributed by atoms with E-state index in [9.17, 15) is 0 Å². The molecule has 80 valence electrons. The van der Waals surface area contributed by atoms with Gasteiger partial charge in [0.05, 0.1) is 5.52 Å². The van der Waals surface area contributed by atoms with Crippen molar-refractivity contribution < 1.29 is 0 Å². The Labute approximate surface area is 93.9 Å². The Morgan fingerprint density at radius 3 is 3.00 bits per heavy atom. The summed E-state index contributed by atoms with van der Waals surface area (Å²) < 4.78 is 2.03. The van der Waals surface area contributed by atoms with E-state index in [4.69, 9.17) is 17.3 Å². The van der Waals surface area contributed by atoms with Crippen molar-refractivity contribution in [2.75, 3.05) is 6.54 Å². The number of hydrogen-bond acceptors (Lipinski definition) is 2. The molecule has 3 nitrogen and oxygen atoms in total. The molecule has 0 aliphatic carbocycles. The van der Waals surface area contributed by atoms with E-state index in [1.54, 1.807) is 0 Å². The molecular weight excluding hydrogens is 210 g/mol. The minimum Gasteiger partial charge on any atom is -0.330 e. The quantitative estimate of drug-likeness (QED) is 0.866. The van der Waals surface area contributed by atoms with Crippen molar-refractivity contribution in [2.45, 2.75) is 19.8 Å². The number of fused-ring (bicyclic) bond motifs is 1. The highest BCUT2D eigenvalue weighted by Gasteiger charge is 2.07. The van der Waals surface area contributed by atoms with E-state index in [0.717, 1.165) is 24.2 Å². The lowest BCUT2D eigenvalue weighted by atomic mass is 10.2. The highest BCUT2D eigenvalue weighted by molar-refractivity contribution is 6.32. The summed E-state index contributed by atoms with van der Waals surface area (Å²) in [5, 5.41) is 0.575. The molecular formula is C11H14ClN3. The fourth-order valence-corrected chi connectivity index (χ4v) is 1.97. The van der Waals surface area contributed by atoms with Gasteiger partial charge in [-0.1, -0.05) is 18.5 Å². The van der Waals surface area contributed by atoms with E-state index in [-0.39, 0.29) is 0 Å². The second-order valence-electron chi connectivity index (χ2n) is 3.50. The molecule has 2 heterocycles. The number of imidazole rings is 1. The van der Waals surface area contributed by atoms with Gasteiger partial charge >= 0.3 is 0 Å². The number of rotatable bonds is 3. The maximum atomic E-state index is 6.07. The molecule has 2 N–H and O–H groups in total. The third kappa shape index (κ3) is 1.85. The van der Waals surface area contributed by atoms with E-state index in [0.29, 0.717) is 11.7 Å². The van der Waals surface area contributed by atoms with Crippen LogP contribution in [0.2, 0.25) is 5.15 Å². The number of hydrogen-bond donors (Lipinski definition) is 1. The van der Waals surface area contributed by atoms with Crippen LogP contribution in [0.1, 0.15) is 18.3 Å². The predicted octanol–water partition coefficient (Wildman–Crippen LogP) is 2.05. The molecule has 0 aromatic carbocycles. The van der Waals surface area contributed by atoms with Crippen LogP contribution in [0.25, 0.3) is 5.52 Å². The normalized spacial score (nSPS) is 11.1. The van der Waals surface area contributed by atoms with Gasteiger partial charge < -0.3 is 10.1 Å². The zero-order chi connectivity index (χ0) is 10.8. The molecule has 2 aromatic heterocycles. The third-order valence-corrected chi connectivity index (χ3v) is 2.76.